The summed E-state index contributed by atoms with van der Waals surface area (Å²) < 4.78 is 43.1. The van der Waals surface area contributed by atoms with Crippen molar-refractivity contribution in [2.75, 3.05) is 13.4 Å². The number of carbonyl (C=O) groups is 1. The molecule has 12 heteroatoms. The Kier molecular flexibility index (Phi) is 6.28. The summed E-state index contributed by atoms with van der Waals surface area (Å²) >= 11 is 0. The van der Waals surface area contributed by atoms with E-state index >= 15 is 0 Å². The first-order chi connectivity index (χ1) is 15.0. The fourth-order valence-corrected chi connectivity index (χ4v) is 3.98. The lowest BCUT2D eigenvalue weighted by molar-refractivity contribution is -0.131. The van der Waals surface area contributed by atoms with Crippen molar-refractivity contribution in [3.8, 4) is 17.0 Å². The van der Waals surface area contributed by atoms with Crippen molar-refractivity contribution in [2.45, 2.75) is 24.6 Å². The molecule has 1 aromatic carbocycles. The second-order valence-corrected chi connectivity index (χ2v) is 9.82. The molecule has 10 nitrogen and oxygen atoms in total. The highest BCUT2D eigenvalue weighted by molar-refractivity contribution is 7.92. The molecule has 0 saturated heterocycles. The highest BCUT2D eigenvalue weighted by Gasteiger charge is 2.43. The molecule has 0 bridgehead atoms. The van der Waals surface area contributed by atoms with Gasteiger partial charge in [-0.3, -0.25) is 19.4 Å². The van der Waals surface area contributed by atoms with Crippen LogP contribution in [0, 0.1) is 5.82 Å². The quantitative estimate of drug-likeness (QED) is 0.394. The molecule has 2 aromatic heterocycles. The first-order valence-electron chi connectivity index (χ1n) is 9.35. The predicted molar refractivity (Wildman–Crippen MR) is 114 cm³/mol. The summed E-state index contributed by atoms with van der Waals surface area (Å²) in [6.45, 7) is 0.937. The molecule has 170 valence electrons. The number of halogens is 1. The van der Waals surface area contributed by atoms with Gasteiger partial charge in [0.25, 0.3) is 11.5 Å². The zero-order valence-corrected chi connectivity index (χ0v) is 18.3. The van der Waals surface area contributed by atoms with Gasteiger partial charge in [-0.05, 0) is 31.5 Å². The number of sulfone groups is 1. The average Bonchev–Trinajstić information content (AvgIpc) is 2.77. The zero-order chi connectivity index (χ0) is 23.7. The van der Waals surface area contributed by atoms with E-state index in [1.807, 2.05) is 0 Å². The zero-order valence-electron chi connectivity index (χ0n) is 17.5. The third-order valence-electron chi connectivity index (χ3n) is 5.40. The Morgan fingerprint density at radius 1 is 1.31 bits per heavy atom. The Bertz CT molecular complexity index is 1340. The van der Waals surface area contributed by atoms with Crippen molar-refractivity contribution in [1.29, 1.82) is 0 Å². The summed E-state index contributed by atoms with van der Waals surface area (Å²) in [7, 11) is -2.47. The van der Waals surface area contributed by atoms with Crippen LogP contribution >= 0.6 is 0 Å². The number of carbonyl (C=O) groups excluding carboxylic acids is 1. The molecule has 32 heavy (non-hydrogen) atoms. The van der Waals surface area contributed by atoms with Crippen LogP contribution in [0.1, 0.15) is 13.3 Å². The van der Waals surface area contributed by atoms with Gasteiger partial charge in [-0.15, -0.1) is 0 Å². The number of ether oxygens (including phenoxy) is 1. The number of pyridine rings is 1. The van der Waals surface area contributed by atoms with E-state index in [0.29, 0.717) is 11.4 Å². The summed E-state index contributed by atoms with van der Waals surface area (Å²) in [6.07, 6.45) is 3.17. The summed E-state index contributed by atoms with van der Waals surface area (Å²) in [5.74, 6) is -1.42. The average molecular weight is 464 g/mol. The number of nitrogens with one attached hydrogen (secondary N) is 1. The molecule has 3 rings (SSSR count). The van der Waals surface area contributed by atoms with Gasteiger partial charge in [0.15, 0.2) is 14.6 Å². The molecule has 0 saturated carbocycles. The van der Waals surface area contributed by atoms with E-state index in [-0.39, 0.29) is 29.4 Å². The van der Waals surface area contributed by atoms with Crippen LogP contribution in [0.25, 0.3) is 22.0 Å². The number of aryl methyl sites for hydroxylation is 1. The third-order valence-corrected chi connectivity index (χ3v) is 7.43. The molecule has 2 N–H and O–H groups in total. The summed E-state index contributed by atoms with van der Waals surface area (Å²) in [4.78, 5) is 33.0. The molecule has 0 fully saturated rings. The molecule has 0 spiro atoms. The van der Waals surface area contributed by atoms with Crippen molar-refractivity contribution in [2.24, 2.45) is 0 Å². The molecule has 3 aromatic rings. The largest absolute Gasteiger partial charge is 0.481 e. The monoisotopic (exact) mass is 464 g/mol. The van der Waals surface area contributed by atoms with Crippen molar-refractivity contribution in [3.63, 3.8) is 0 Å². The molecule has 2 heterocycles. The number of hydrogen-bond donors (Lipinski definition) is 2. The van der Waals surface area contributed by atoms with Crippen LogP contribution in [-0.2, 0) is 21.2 Å². The first-order valence-corrected chi connectivity index (χ1v) is 11.2. The number of methoxy groups -OCH3 is 1. The predicted octanol–water partition coefficient (Wildman–Crippen LogP) is 1.30. The van der Waals surface area contributed by atoms with Gasteiger partial charge in [-0.25, -0.2) is 28.3 Å². The third kappa shape index (κ3) is 4.18. The maximum Gasteiger partial charge on any atom is 0.264 e. The molecule has 0 radical (unpaired) electrons. The second kappa shape index (κ2) is 8.63. The molecule has 1 atom stereocenters. The van der Waals surface area contributed by atoms with Gasteiger partial charge in [-0.1, -0.05) is 0 Å². The Hall–Kier alpha value is -3.38. The van der Waals surface area contributed by atoms with E-state index in [1.165, 1.54) is 31.2 Å². The first kappa shape index (κ1) is 23.3. The molecule has 1 amide bonds. The number of aromatic nitrogens is 3. The number of hydroxylamine groups is 1. The van der Waals surface area contributed by atoms with Crippen LogP contribution in [0.2, 0.25) is 0 Å². The number of amides is 1. The van der Waals surface area contributed by atoms with Crippen LogP contribution in [0.15, 0.2) is 41.6 Å². The Morgan fingerprint density at radius 2 is 2.03 bits per heavy atom. The standard InChI is InChI=1S/C20H21FN4O6S/c1-20(19(27)24-28,32(3,29)30)6-7-25-11-23-16-9-13(15(21)8-14(16)18(25)26)12-4-5-17(31-2)22-10-12/h4-5,8-11,28H,6-7H2,1-3H3,(H,24,27). The lowest BCUT2D eigenvalue weighted by Gasteiger charge is -2.25. The van der Waals surface area contributed by atoms with Crippen LogP contribution in [-0.4, -0.2) is 52.2 Å². The van der Waals surface area contributed by atoms with Gasteiger partial charge >= 0.3 is 0 Å². The fraction of sp³-hybridized carbons (Fsp3) is 0.300. The van der Waals surface area contributed by atoms with E-state index < -0.39 is 31.9 Å². The highest BCUT2D eigenvalue weighted by atomic mass is 32.2. The minimum absolute atomic E-state index is 0.0112. The highest BCUT2D eigenvalue weighted by Crippen LogP contribution is 2.27. The molecule has 0 aliphatic rings. The number of fused-ring (bicyclic) bond motifs is 1. The van der Waals surface area contributed by atoms with Gasteiger partial charge in [0, 0.05) is 36.2 Å². The van der Waals surface area contributed by atoms with E-state index in [1.54, 1.807) is 12.1 Å². The van der Waals surface area contributed by atoms with Crippen molar-refractivity contribution in [3.05, 3.63) is 53.0 Å². The SMILES string of the molecule is COc1ccc(-c2cc3ncn(CCC(C)(C(=O)NO)S(C)(=O)=O)c(=O)c3cc2F)cn1. The molecular weight excluding hydrogens is 443 g/mol. The van der Waals surface area contributed by atoms with Crippen molar-refractivity contribution < 1.29 is 27.5 Å². The van der Waals surface area contributed by atoms with Crippen LogP contribution < -0.4 is 15.8 Å². The maximum atomic E-state index is 14.8. The van der Waals surface area contributed by atoms with Gasteiger partial charge < -0.3 is 4.74 Å². The topological polar surface area (TPSA) is 140 Å². The van der Waals surface area contributed by atoms with Gasteiger partial charge in [0.1, 0.15) is 5.82 Å². The van der Waals surface area contributed by atoms with Crippen molar-refractivity contribution >= 4 is 26.6 Å². The minimum Gasteiger partial charge on any atom is -0.481 e. The van der Waals surface area contributed by atoms with E-state index in [4.69, 9.17) is 9.94 Å². The van der Waals surface area contributed by atoms with Crippen molar-refractivity contribution in [1.82, 2.24) is 20.0 Å². The molecule has 0 aliphatic carbocycles. The minimum atomic E-state index is -3.93. The summed E-state index contributed by atoms with van der Waals surface area (Å²) in [5.41, 5.74) is 1.64. The number of rotatable bonds is 7. The molecule has 0 aliphatic heterocycles. The van der Waals surface area contributed by atoms with Crippen LogP contribution in [0.5, 0.6) is 5.88 Å². The van der Waals surface area contributed by atoms with Gasteiger partial charge in [0.05, 0.1) is 24.3 Å². The Morgan fingerprint density at radius 3 is 2.59 bits per heavy atom. The lowest BCUT2D eigenvalue weighted by atomic mass is 10.0. The maximum absolute atomic E-state index is 14.8. The Labute approximate surface area is 182 Å². The number of nitrogens with zero attached hydrogens (tertiary/aromatic N) is 3. The van der Waals surface area contributed by atoms with Crippen LogP contribution in [0.3, 0.4) is 0 Å². The van der Waals surface area contributed by atoms with E-state index in [2.05, 4.69) is 9.97 Å². The number of hydrogen-bond acceptors (Lipinski definition) is 8. The second-order valence-electron chi connectivity index (χ2n) is 7.38. The summed E-state index contributed by atoms with van der Waals surface area (Å²) in [5, 5.41) is 8.90. The fourth-order valence-electron chi connectivity index (χ4n) is 3.14. The van der Waals surface area contributed by atoms with Gasteiger partial charge in [0.2, 0.25) is 5.88 Å². The smallest absolute Gasteiger partial charge is 0.264 e. The lowest BCUT2D eigenvalue weighted by Crippen LogP contribution is -2.50. The Balaban J connectivity index is 1.98. The molecular formula is C20H21FN4O6S. The number of benzene rings is 1. The van der Waals surface area contributed by atoms with E-state index in [0.717, 1.165) is 23.8 Å². The van der Waals surface area contributed by atoms with Crippen LogP contribution in [0.4, 0.5) is 4.39 Å². The van der Waals surface area contributed by atoms with E-state index in [9.17, 15) is 22.4 Å². The summed E-state index contributed by atoms with van der Waals surface area (Å²) in [6, 6.07) is 5.66. The molecule has 1 unspecified atom stereocenters. The van der Waals surface area contributed by atoms with Gasteiger partial charge in [-0.2, -0.15) is 0 Å². The normalized spacial score (nSPS) is 13.5.